The third-order valence-electron chi connectivity index (χ3n) is 2.66. The Morgan fingerprint density at radius 3 is 2.44 bits per heavy atom. The largest absolute Gasteiger partial charge is 0.334 e. The van der Waals surface area contributed by atoms with E-state index < -0.39 is 5.54 Å². The molecule has 1 rings (SSSR count). The summed E-state index contributed by atoms with van der Waals surface area (Å²) in [6.45, 7) is 5.56. The molecule has 0 heterocycles. The molecule has 0 aromatic heterocycles. The molecule has 3 nitrogen and oxygen atoms in total. The Morgan fingerprint density at radius 1 is 1.44 bits per heavy atom. The van der Waals surface area contributed by atoms with Crippen LogP contribution in [0, 0.1) is 18.3 Å². The summed E-state index contributed by atoms with van der Waals surface area (Å²) in [5.74, 6) is -0.203. The lowest BCUT2D eigenvalue weighted by Crippen LogP contribution is -2.44. The van der Waals surface area contributed by atoms with E-state index >= 15 is 0 Å². The van der Waals surface area contributed by atoms with Gasteiger partial charge in [-0.15, -0.1) is 0 Å². The molecule has 0 spiro atoms. The Labute approximate surface area is 96.1 Å². The minimum absolute atomic E-state index is 0.203. The van der Waals surface area contributed by atoms with E-state index in [1.165, 1.54) is 0 Å². The molecule has 0 aliphatic heterocycles. The first-order chi connectivity index (χ1) is 7.50. The first kappa shape index (κ1) is 12.3. The molecule has 1 atom stereocenters. The van der Waals surface area contributed by atoms with Gasteiger partial charge in [0, 0.05) is 5.56 Å². The van der Waals surface area contributed by atoms with Crippen molar-refractivity contribution in [2.45, 2.75) is 32.7 Å². The van der Waals surface area contributed by atoms with E-state index in [9.17, 15) is 4.79 Å². The molecule has 0 saturated carbocycles. The van der Waals surface area contributed by atoms with Crippen LogP contribution in [0.5, 0.6) is 0 Å². The number of benzene rings is 1. The zero-order valence-corrected chi connectivity index (χ0v) is 9.87. The summed E-state index contributed by atoms with van der Waals surface area (Å²) >= 11 is 0. The van der Waals surface area contributed by atoms with Crippen molar-refractivity contribution >= 4 is 5.91 Å². The average Bonchev–Trinajstić information content (AvgIpc) is 2.29. The van der Waals surface area contributed by atoms with Gasteiger partial charge in [0.1, 0.15) is 5.54 Å². The third kappa shape index (κ3) is 2.83. The zero-order valence-electron chi connectivity index (χ0n) is 9.87. The van der Waals surface area contributed by atoms with Crippen LogP contribution in [-0.2, 0) is 0 Å². The van der Waals surface area contributed by atoms with Crippen molar-refractivity contribution in [2.24, 2.45) is 0 Å². The molecular weight excluding hydrogens is 200 g/mol. The number of rotatable bonds is 3. The molecule has 0 bridgehead atoms. The van der Waals surface area contributed by atoms with Crippen LogP contribution in [0.2, 0.25) is 0 Å². The first-order valence-electron chi connectivity index (χ1n) is 5.31. The summed E-state index contributed by atoms with van der Waals surface area (Å²) in [5, 5.41) is 11.7. The maximum atomic E-state index is 11.8. The highest BCUT2D eigenvalue weighted by Crippen LogP contribution is 2.10. The Morgan fingerprint density at radius 2 is 2.00 bits per heavy atom. The van der Waals surface area contributed by atoms with Gasteiger partial charge in [0.15, 0.2) is 0 Å². The minimum Gasteiger partial charge on any atom is -0.334 e. The van der Waals surface area contributed by atoms with Gasteiger partial charge in [-0.3, -0.25) is 4.79 Å². The average molecular weight is 216 g/mol. The molecule has 0 radical (unpaired) electrons. The number of nitrogens with one attached hydrogen (secondary N) is 1. The number of aryl methyl sites for hydroxylation is 1. The second-order valence-corrected chi connectivity index (χ2v) is 4.12. The van der Waals surface area contributed by atoms with E-state index in [4.69, 9.17) is 5.26 Å². The molecule has 1 unspecified atom stereocenters. The van der Waals surface area contributed by atoms with E-state index in [1.807, 2.05) is 26.0 Å². The van der Waals surface area contributed by atoms with Crippen LogP contribution in [-0.4, -0.2) is 11.4 Å². The minimum atomic E-state index is -0.790. The van der Waals surface area contributed by atoms with Crippen LogP contribution < -0.4 is 5.32 Å². The second kappa shape index (κ2) is 4.80. The van der Waals surface area contributed by atoms with Crippen LogP contribution in [0.1, 0.15) is 36.2 Å². The standard InChI is InChI=1S/C13H16N2O/c1-4-13(3,9-14)15-12(16)11-7-5-10(2)6-8-11/h5-8H,4H2,1-3H3,(H,15,16). The van der Waals surface area contributed by atoms with Crippen LogP contribution in [0.25, 0.3) is 0 Å². The quantitative estimate of drug-likeness (QED) is 0.843. The monoisotopic (exact) mass is 216 g/mol. The maximum absolute atomic E-state index is 11.8. The highest BCUT2D eigenvalue weighted by atomic mass is 16.1. The number of nitrogens with zero attached hydrogens (tertiary/aromatic N) is 1. The van der Waals surface area contributed by atoms with Crippen LogP contribution in [0.15, 0.2) is 24.3 Å². The molecule has 0 aliphatic carbocycles. The SMILES string of the molecule is CCC(C)(C#N)NC(=O)c1ccc(C)cc1. The lowest BCUT2D eigenvalue weighted by Gasteiger charge is -2.21. The van der Waals surface area contributed by atoms with Crippen molar-refractivity contribution in [3.8, 4) is 6.07 Å². The van der Waals surface area contributed by atoms with Crippen LogP contribution in [0.4, 0.5) is 0 Å². The predicted molar refractivity (Wildman–Crippen MR) is 63.0 cm³/mol. The van der Waals surface area contributed by atoms with Crippen molar-refractivity contribution < 1.29 is 4.79 Å². The fourth-order valence-corrected chi connectivity index (χ4v) is 1.22. The number of carbonyl (C=O) groups is 1. The molecule has 3 heteroatoms. The molecule has 0 saturated heterocycles. The zero-order chi connectivity index (χ0) is 12.2. The van der Waals surface area contributed by atoms with Gasteiger partial charge in [-0.2, -0.15) is 5.26 Å². The fraction of sp³-hybridized carbons (Fsp3) is 0.385. The third-order valence-corrected chi connectivity index (χ3v) is 2.66. The molecule has 0 aliphatic rings. The van der Waals surface area contributed by atoms with Gasteiger partial charge in [-0.05, 0) is 32.4 Å². The van der Waals surface area contributed by atoms with E-state index in [-0.39, 0.29) is 5.91 Å². The lowest BCUT2D eigenvalue weighted by molar-refractivity contribution is 0.0923. The maximum Gasteiger partial charge on any atom is 0.252 e. The van der Waals surface area contributed by atoms with Gasteiger partial charge in [0.05, 0.1) is 6.07 Å². The fourth-order valence-electron chi connectivity index (χ4n) is 1.22. The normalized spacial score (nSPS) is 13.6. The van der Waals surface area contributed by atoms with Crippen molar-refractivity contribution in [1.29, 1.82) is 5.26 Å². The Kier molecular flexibility index (Phi) is 3.68. The van der Waals surface area contributed by atoms with Gasteiger partial charge in [-0.25, -0.2) is 0 Å². The highest BCUT2D eigenvalue weighted by molar-refractivity contribution is 5.94. The van der Waals surface area contributed by atoms with Crippen molar-refractivity contribution in [3.63, 3.8) is 0 Å². The molecule has 16 heavy (non-hydrogen) atoms. The van der Waals surface area contributed by atoms with Gasteiger partial charge < -0.3 is 5.32 Å². The number of amides is 1. The Balaban J connectivity index is 2.81. The first-order valence-corrected chi connectivity index (χ1v) is 5.31. The molecule has 1 amide bonds. The van der Waals surface area contributed by atoms with E-state index in [0.29, 0.717) is 12.0 Å². The van der Waals surface area contributed by atoms with Crippen molar-refractivity contribution in [3.05, 3.63) is 35.4 Å². The molecule has 1 N–H and O–H groups in total. The van der Waals surface area contributed by atoms with E-state index in [2.05, 4.69) is 11.4 Å². The summed E-state index contributed by atoms with van der Waals surface area (Å²) in [7, 11) is 0. The Hall–Kier alpha value is -1.82. The summed E-state index contributed by atoms with van der Waals surface area (Å²) in [4.78, 5) is 11.8. The number of carbonyl (C=O) groups excluding carboxylic acids is 1. The Bertz CT molecular complexity index is 417. The van der Waals surface area contributed by atoms with E-state index in [1.54, 1.807) is 19.1 Å². The van der Waals surface area contributed by atoms with Crippen LogP contribution in [0.3, 0.4) is 0 Å². The predicted octanol–water partition coefficient (Wildman–Crippen LogP) is 2.42. The van der Waals surface area contributed by atoms with Gasteiger partial charge in [-0.1, -0.05) is 24.6 Å². The summed E-state index contributed by atoms with van der Waals surface area (Å²) < 4.78 is 0. The van der Waals surface area contributed by atoms with Gasteiger partial charge >= 0.3 is 0 Å². The topological polar surface area (TPSA) is 52.9 Å². The molecule has 1 aromatic rings. The number of nitriles is 1. The van der Waals surface area contributed by atoms with Gasteiger partial charge in [0.2, 0.25) is 0 Å². The van der Waals surface area contributed by atoms with Crippen LogP contribution >= 0.6 is 0 Å². The molecule has 0 fully saturated rings. The summed E-state index contributed by atoms with van der Waals surface area (Å²) in [5.41, 5.74) is 0.901. The van der Waals surface area contributed by atoms with Crippen molar-refractivity contribution in [2.75, 3.05) is 0 Å². The summed E-state index contributed by atoms with van der Waals surface area (Å²) in [6.07, 6.45) is 0.584. The highest BCUT2D eigenvalue weighted by Gasteiger charge is 2.23. The molecule has 1 aromatic carbocycles. The molecule has 84 valence electrons. The lowest BCUT2D eigenvalue weighted by atomic mass is 10.0. The molecular formula is C13H16N2O. The van der Waals surface area contributed by atoms with Crippen molar-refractivity contribution in [1.82, 2.24) is 5.32 Å². The number of hydrogen-bond donors (Lipinski definition) is 1. The summed E-state index contributed by atoms with van der Waals surface area (Å²) in [6, 6.07) is 9.39. The van der Waals surface area contributed by atoms with Gasteiger partial charge in [0.25, 0.3) is 5.91 Å². The second-order valence-electron chi connectivity index (χ2n) is 4.12. The van der Waals surface area contributed by atoms with E-state index in [0.717, 1.165) is 5.56 Å². The smallest absolute Gasteiger partial charge is 0.252 e. The number of hydrogen-bond acceptors (Lipinski definition) is 2.